The van der Waals surface area contributed by atoms with Crippen LogP contribution in [-0.2, 0) is 4.74 Å². The van der Waals surface area contributed by atoms with E-state index >= 15 is 0 Å². The molecular formula is C25H19ClN2O4. The smallest absolute Gasteiger partial charge is 0.337 e. The van der Waals surface area contributed by atoms with Gasteiger partial charge in [-0.25, -0.2) is 4.79 Å². The molecule has 32 heavy (non-hydrogen) atoms. The van der Waals surface area contributed by atoms with E-state index in [0.29, 0.717) is 27.1 Å². The van der Waals surface area contributed by atoms with Gasteiger partial charge in [-0.1, -0.05) is 41.9 Å². The lowest BCUT2D eigenvalue weighted by atomic mass is 10.0. The molecule has 0 aliphatic heterocycles. The Bertz CT molecular complexity index is 1380. The Kier molecular flexibility index (Phi) is 5.79. The first-order chi connectivity index (χ1) is 15.4. The Labute approximate surface area is 189 Å². The van der Waals surface area contributed by atoms with Crippen LogP contribution in [0.5, 0.6) is 0 Å². The van der Waals surface area contributed by atoms with Crippen molar-refractivity contribution in [3.05, 3.63) is 99.3 Å². The molecule has 1 heterocycles. The Morgan fingerprint density at radius 3 is 2.28 bits per heavy atom. The molecule has 0 unspecified atom stereocenters. The molecule has 0 aliphatic rings. The van der Waals surface area contributed by atoms with Crippen molar-refractivity contribution in [3.8, 4) is 11.1 Å². The minimum absolute atomic E-state index is 0.195. The van der Waals surface area contributed by atoms with Crippen molar-refractivity contribution in [3.63, 3.8) is 0 Å². The second kappa shape index (κ2) is 8.69. The minimum atomic E-state index is -0.490. The van der Waals surface area contributed by atoms with Crippen molar-refractivity contribution in [2.24, 2.45) is 0 Å². The maximum Gasteiger partial charge on any atom is 0.337 e. The lowest BCUT2D eigenvalue weighted by Crippen LogP contribution is -2.30. The highest BCUT2D eigenvalue weighted by Crippen LogP contribution is 2.31. The number of benzene rings is 3. The van der Waals surface area contributed by atoms with Crippen LogP contribution in [0.4, 0.5) is 5.69 Å². The molecule has 1 N–H and O–H groups in total. The number of hydrogen-bond acceptors (Lipinski definition) is 4. The summed E-state index contributed by atoms with van der Waals surface area (Å²) < 4.78 is 4.67. The van der Waals surface area contributed by atoms with Gasteiger partial charge < -0.3 is 14.6 Å². The SMILES string of the molecule is COC(=O)c1ccc(C(=O)N(C)c2c[nH]c3cc(Cl)c(-c4ccccc4)cc3c2=O)cc1. The van der Waals surface area contributed by atoms with Crippen LogP contribution in [0.15, 0.2) is 77.7 Å². The fraction of sp³-hybridized carbons (Fsp3) is 0.0800. The molecule has 0 fully saturated rings. The number of H-pyrrole nitrogens is 1. The summed E-state index contributed by atoms with van der Waals surface area (Å²) >= 11 is 6.45. The highest BCUT2D eigenvalue weighted by atomic mass is 35.5. The summed E-state index contributed by atoms with van der Waals surface area (Å²) in [5.41, 5.74) is 2.76. The number of amides is 1. The Balaban J connectivity index is 1.73. The van der Waals surface area contributed by atoms with Crippen LogP contribution in [0.2, 0.25) is 5.02 Å². The van der Waals surface area contributed by atoms with E-state index in [9.17, 15) is 14.4 Å². The quantitative estimate of drug-likeness (QED) is 0.451. The number of esters is 1. The summed E-state index contributed by atoms with van der Waals surface area (Å²) in [6.07, 6.45) is 1.49. The van der Waals surface area contributed by atoms with Gasteiger partial charge in [-0.15, -0.1) is 0 Å². The molecule has 7 heteroatoms. The molecule has 6 nitrogen and oxygen atoms in total. The van der Waals surface area contributed by atoms with Gasteiger partial charge in [0.05, 0.1) is 23.2 Å². The number of methoxy groups -OCH3 is 1. The molecule has 1 amide bonds. The number of nitrogens with zero attached hydrogens (tertiary/aromatic N) is 1. The van der Waals surface area contributed by atoms with E-state index in [-0.39, 0.29) is 17.0 Å². The molecule has 0 saturated carbocycles. The topological polar surface area (TPSA) is 79.5 Å². The Hall–Kier alpha value is -3.90. The van der Waals surface area contributed by atoms with E-state index in [1.54, 1.807) is 12.1 Å². The summed E-state index contributed by atoms with van der Waals surface area (Å²) in [5, 5.41) is 0.939. The molecule has 0 radical (unpaired) electrons. The number of halogens is 1. The van der Waals surface area contributed by atoms with Crippen molar-refractivity contribution in [2.45, 2.75) is 0 Å². The highest BCUT2D eigenvalue weighted by Gasteiger charge is 2.19. The van der Waals surface area contributed by atoms with Gasteiger partial charge >= 0.3 is 5.97 Å². The first-order valence-electron chi connectivity index (χ1n) is 9.77. The van der Waals surface area contributed by atoms with Gasteiger partial charge in [0.15, 0.2) is 0 Å². The lowest BCUT2D eigenvalue weighted by Gasteiger charge is -2.17. The van der Waals surface area contributed by atoms with Crippen LogP contribution in [0, 0.1) is 0 Å². The number of carbonyl (C=O) groups is 2. The molecule has 4 aromatic rings. The van der Waals surface area contributed by atoms with Gasteiger partial charge in [0.25, 0.3) is 5.91 Å². The van der Waals surface area contributed by atoms with Crippen LogP contribution in [0.1, 0.15) is 20.7 Å². The van der Waals surface area contributed by atoms with Gasteiger partial charge in [-0.3, -0.25) is 9.59 Å². The van der Waals surface area contributed by atoms with E-state index in [2.05, 4.69) is 9.72 Å². The molecule has 4 rings (SSSR count). The van der Waals surface area contributed by atoms with Crippen LogP contribution < -0.4 is 10.3 Å². The Morgan fingerprint density at radius 2 is 1.62 bits per heavy atom. The number of hydrogen-bond donors (Lipinski definition) is 1. The summed E-state index contributed by atoms with van der Waals surface area (Å²) in [6.45, 7) is 0. The van der Waals surface area contributed by atoms with Crippen LogP contribution in [0.3, 0.4) is 0 Å². The minimum Gasteiger partial charge on any atom is -0.465 e. The first-order valence-corrected chi connectivity index (χ1v) is 10.2. The number of anilines is 1. The maximum atomic E-state index is 13.3. The van der Waals surface area contributed by atoms with Crippen molar-refractivity contribution >= 4 is 40.1 Å². The summed E-state index contributed by atoms with van der Waals surface area (Å²) in [4.78, 5) is 42.2. The maximum absolute atomic E-state index is 13.3. The third-order valence-corrected chi connectivity index (χ3v) is 5.57. The third-order valence-electron chi connectivity index (χ3n) is 5.25. The number of aromatic amines is 1. The van der Waals surface area contributed by atoms with E-state index in [1.165, 1.54) is 49.5 Å². The fourth-order valence-corrected chi connectivity index (χ4v) is 3.76. The van der Waals surface area contributed by atoms with Crippen LogP contribution >= 0.6 is 11.6 Å². The zero-order valence-electron chi connectivity index (χ0n) is 17.4. The predicted octanol–water partition coefficient (Wildman–Crippen LogP) is 4.91. The molecule has 0 bridgehead atoms. The second-order valence-electron chi connectivity index (χ2n) is 7.18. The van der Waals surface area contributed by atoms with Crippen molar-refractivity contribution < 1.29 is 14.3 Å². The van der Waals surface area contributed by atoms with Gasteiger partial charge in [-0.2, -0.15) is 0 Å². The average Bonchev–Trinajstić information content (AvgIpc) is 2.83. The fourth-order valence-electron chi connectivity index (χ4n) is 3.49. The molecular weight excluding hydrogens is 428 g/mol. The zero-order chi connectivity index (χ0) is 22.8. The monoisotopic (exact) mass is 446 g/mol. The number of ether oxygens (including phenoxy) is 1. The zero-order valence-corrected chi connectivity index (χ0v) is 18.1. The normalized spacial score (nSPS) is 10.7. The molecule has 0 atom stereocenters. The molecule has 3 aromatic carbocycles. The van der Waals surface area contributed by atoms with Crippen molar-refractivity contribution in [1.29, 1.82) is 0 Å². The molecule has 160 valence electrons. The molecule has 1 aromatic heterocycles. The van der Waals surface area contributed by atoms with Crippen LogP contribution in [-0.4, -0.2) is 31.0 Å². The lowest BCUT2D eigenvalue weighted by molar-refractivity contribution is 0.0600. The standard InChI is InChI=1S/C25H19ClN2O4/c1-28(24(30)16-8-10-17(11-9-16)25(31)32-2)22-14-27-21-13-20(26)18(12-19(21)23(22)29)15-6-4-3-5-7-15/h3-14H,1-2H3,(H,27,29). The number of fused-ring (bicyclic) bond motifs is 1. The van der Waals surface area contributed by atoms with Crippen LogP contribution in [0.25, 0.3) is 22.0 Å². The third kappa shape index (κ3) is 3.88. The second-order valence-corrected chi connectivity index (χ2v) is 7.59. The molecule has 0 spiro atoms. The van der Waals surface area contributed by atoms with Crippen molar-refractivity contribution in [2.75, 3.05) is 19.1 Å². The van der Waals surface area contributed by atoms with Gasteiger partial charge in [0, 0.05) is 29.8 Å². The van der Waals surface area contributed by atoms with E-state index < -0.39 is 5.97 Å². The summed E-state index contributed by atoms with van der Waals surface area (Å²) in [5.74, 6) is -0.875. The largest absolute Gasteiger partial charge is 0.465 e. The molecule has 0 saturated heterocycles. The number of aromatic nitrogens is 1. The molecule has 0 aliphatic carbocycles. The average molecular weight is 447 g/mol. The predicted molar refractivity (Wildman–Crippen MR) is 126 cm³/mol. The summed E-state index contributed by atoms with van der Waals surface area (Å²) in [7, 11) is 2.82. The van der Waals surface area contributed by atoms with Gasteiger partial charge in [-0.05, 0) is 42.0 Å². The van der Waals surface area contributed by atoms with Crippen molar-refractivity contribution in [1.82, 2.24) is 4.98 Å². The Morgan fingerprint density at radius 1 is 0.969 bits per heavy atom. The number of rotatable bonds is 4. The number of pyridine rings is 1. The summed E-state index contributed by atoms with van der Waals surface area (Å²) in [6, 6.07) is 19.0. The van der Waals surface area contributed by atoms with E-state index in [0.717, 1.165) is 11.1 Å². The van der Waals surface area contributed by atoms with Gasteiger partial charge in [0.2, 0.25) is 5.43 Å². The first kappa shape index (κ1) is 21.3. The van der Waals surface area contributed by atoms with E-state index in [1.807, 2.05) is 30.3 Å². The number of carbonyl (C=O) groups excluding carboxylic acids is 2. The van der Waals surface area contributed by atoms with Gasteiger partial charge in [0.1, 0.15) is 5.69 Å². The van der Waals surface area contributed by atoms with E-state index in [4.69, 9.17) is 11.6 Å². The number of nitrogens with one attached hydrogen (secondary N) is 1. The highest BCUT2D eigenvalue weighted by molar-refractivity contribution is 6.34.